The molecule has 21 heavy (non-hydrogen) atoms. The van der Waals surface area contributed by atoms with Crippen molar-refractivity contribution in [3.63, 3.8) is 0 Å². The van der Waals surface area contributed by atoms with Crippen molar-refractivity contribution in [2.75, 3.05) is 26.3 Å². The van der Waals surface area contributed by atoms with Crippen LogP contribution in [0.3, 0.4) is 0 Å². The van der Waals surface area contributed by atoms with Gasteiger partial charge in [-0.05, 0) is 0 Å². The molecular weight excluding hydrogens is 278 g/mol. The van der Waals surface area contributed by atoms with Crippen LogP contribution in [0.15, 0.2) is 24.3 Å². The maximum absolute atomic E-state index is 12.2. The number of ketones is 1. The lowest BCUT2D eigenvalue weighted by Crippen LogP contribution is -2.53. The van der Waals surface area contributed by atoms with Gasteiger partial charge in [0.1, 0.15) is 6.04 Å². The number of primary amides is 1. The molecule has 0 spiro atoms. The molecule has 1 fully saturated rings. The highest BCUT2D eigenvalue weighted by molar-refractivity contribution is 5.98. The van der Waals surface area contributed by atoms with Crippen LogP contribution in [-0.2, 0) is 9.53 Å². The Hall–Kier alpha value is -2.32. The normalized spacial score (nSPS) is 19.1. The highest BCUT2D eigenvalue weighted by Gasteiger charge is 2.29. The first-order valence-corrected chi connectivity index (χ1v) is 6.38. The molecule has 1 heterocycles. The number of benzene rings is 1. The van der Waals surface area contributed by atoms with Gasteiger partial charge in [0.15, 0.2) is 5.78 Å². The molecule has 1 aromatic rings. The summed E-state index contributed by atoms with van der Waals surface area (Å²) >= 11 is 0. The summed E-state index contributed by atoms with van der Waals surface area (Å²) < 4.78 is 5.17. The van der Waals surface area contributed by atoms with Gasteiger partial charge in [0.25, 0.3) is 5.69 Å². The van der Waals surface area contributed by atoms with Crippen molar-refractivity contribution in [3.05, 3.63) is 39.9 Å². The van der Waals surface area contributed by atoms with E-state index >= 15 is 0 Å². The number of nitrogens with two attached hydrogens (primary N) is 1. The maximum Gasteiger partial charge on any atom is 0.270 e. The first-order valence-electron chi connectivity index (χ1n) is 6.38. The monoisotopic (exact) mass is 293 g/mol. The number of carbonyl (C=O) groups excluding carboxylic acids is 2. The number of ether oxygens (including phenoxy) is 1. The molecule has 1 aromatic carbocycles. The Morgan fingerprint density at radius 1 is 1.48 bits per heavy atom. The first-order chi connectivity index (χ1) is 9.99. The van der Waals surface area contributed by atoms with Gasteiger partial charge in [0.2, 0.25) is 5.91 Å². The predicted molar refractivity (Wildman–Crippen MR) is 72.8 cm³/mol. The number of rotatable bonds is 5. The van der Waals surface area contributed by atoms with Crippen LogP contribution in [0.4, 0.5) is 5.69 Å². The summed E-state index contributed by atoms with van der Waals surface area (Å²) in [5, 5.41) is 10.7. The standard InChI is InChI=1S/C13H15N3O5/c14-13(18)11-8-21-5-4-15(11)7-12(17)9-2-1-3-10(6-9)16(19)20/h1-3,6,11H,4-5,7-8H2,(H2,14,18). The van der Waals surface area contributed by atoms with Crippen molar-refractivity contribution in [1.29, 1.82) is 0 Å². The summed E-state index contributed by atoms with van der Waals surface area (Å²) in [6.07, 6.45) is 0. The van der Waals surface area contributed by atoms with E-state index < -0.39 is 16.9 Å². The van der Waals surface area contributed by atoms with Crippen molar-refractivity contribution in [3.8, 4) is 0 Å². The number of hydrogen-bond donors (Lipinski definition) is 1. The van der Waals surface area contributed by atoms with Gasteiger partial charge < -0.3 is 10.5 Å². The van der Waals surface area contributed by atoms with Crippen molar-refractivity contribution in [1.82, 2.24) is 4.90 Å². The second kappa shape index (κ2) is 6.42. The summed E-state index contributed by atoms with van der Waals surface area (Å²) in [6, 6.07) is 4.85. The van der Waals surface area contributed by atoms with Crippen LogP contribution in [-0.4, -0.2) is 53.9 Å². The molecule has 8 heteroatoms. The minimum atomic E-state index is -0.651. The van der Waals surface area contributed by atoms with Crippen LogP contribution in [0, 0.1) is 10.1 Å². The van der Waals surface area contributed by atoms with E-state index in [1.54, 1.807) is 4.90 Å². The third-order valence-corrected chi connectivity index (χ3v) is 3.29. The van der Waals surface area contributed by atoms with Crippen molar-refractivity contribution in [2.45, 2.75) is 6.04 Å². The van der Waals surface area contributed by atoms with E-state index in [1.807, 2.05) is 0 Å². The predicted octanol–water partition coefficient (Wildman–Crippen LogP) is -0.0364. The van der Waals surface area contributed by atoms with Crippen LogP contribution < -0.4 is 5.73 Å². The highest BCUT2D eigenvalue weighted by atomic mass is 16.6. The Morgan fingerprint density at radius 3 is 2.90 bits per heavy atom. The first kappa shape index (κ1) is 15.1. The number of non-ortho nitro benzene ring substituents is 1. The number of nitro groups is 1. The summed E-state index contributed by atoms with van der Waals surface area (Å²) in [5.74, 6) is -0.853. The van der Waals surface area contributed by atoms with Crippen LogP contribution in [0.2, 0.25) is 0 Å². The van der Waals surface area contributed by atoms with Crippen LogP contribution in [0.1, 0.15) is 10.4 Å². The average Bonchev–Trinajstić information content (AvgIpc) is 2.47. The van der Waals surface area contributed by atoms with Gasteiger partial charge in [-0.15, -0.1) is 0 Å². The molecule has 0 aliphatic carbocycles. The molecule has 1 amide bonds. The van der Waals surface area contributed by atoms with Gasteiger partial charge in [0, 0.05) is 24.2 Å². The molecule has 8 nitrogen and oxygen atoms in total. The number of carbonyl (C=O) groups is 2. The van der Waals surface area contributed by atoms with E-state index in [4.69, 9.17) is 10.5 Å². The van der Waals surface area contributed by atoms with Crippen LogP contribution in [0.25, 0.3) is 0 Å². The summed E-state index contributed by atoms with van der Waals surface area (Å²) in [5.41, 5.74) is 5.37. The van der Waals surface area contributed by atoms with Crippen LogP contribution in [0.5, 0.6) is 0 Å². The van der Waals surface area contributed by atoms with Gasteiger partial charge in [0.05, 0.1) is 24.7 Å². The Labute approximate surface area is 120 Å². The third-order valence-electron chi connectivity index (χ3n) is 3.29. The zero-order chi connectivity index (χ0) is 15.4. The highest BCUT2D eigenvalue weighted by Crippen LogP contribution is 2.15. The third kappa shape index (κ3) is 3.61. The average molecular weight is 293 g/mol. The van der Waals surface area contributed by atoms with Gasteiger partial charge in [-0.25, -0.2) is 0 Å². The molecule has 112 valence electrons. The Morgan fingerprint density at radius 2 is 2.24 bits per heavy atom. The molecule has 0 saturated carbocycles. The fraction of sp³-hybridized carbons (Fsp3) is 0.385. The molecule has 1 atom stereocenters. The van der Waals surface area contributed by atoms with E-state index in [1.165, 1.54) is 24.3 Å². The lowest BCUT2D eigenvalue weighted by atomic mass is 10.1. The lowest BCUT2D eigenvalue weighted by Gasteiger charge is -2.32. The largest absolute Gasteiger partial charge is 0.378 e. The number of Topliss-reactive ketones (excluding diaryl/α,β-unsaturated/α-hetero) is 1. The summed E-state index contributed by atoms with van der Waals surface area (Å²) in [4.78, 5) is 35.3. The number of morpholine rings is 1. The molecule has 0 aromatic heterocycles. The van der Waals surface area contributed by atoms with E-state index in [9.17, 15) is 19.7 Å². The smallest absolute Gasteiger partial charge is 0.270 e. The molecule has 1 unspecified atom stereocenters. The fourth-order valence-corrected chi connectivity index (χ4v) is 2.16. The minimum absolute atomic E-state index is 0.0296. The molecule has 2 N–H and O–H groups in total. The molecule has 0 bridgehead atoms. The van der Waals surface area contributed by atoms with E-state index in [-0.39, 0.29) is 30.2 Å². The summed E-state index contributed by atoms with van der Waals surface area (Å²) in [7, 11) is 0. The molecule has 1 saturated heterocycles. The molecule has 2 rings (SSSR count). The van der Waals surface area contributed by atoms with Crippen molar-refractivity contribution < 1.29 is 19.2 Å². The van der Waals surface area contributed by atoms with Gasteiger partial charge in [-0.1, -0.05) is 12.1 Å². The van der Waals surface area contributed by atoms with Gasteiger partial charge >= 0.3 is 0 Å². The number of hydrogen-bond acceptors (Lipinski definition) is 6. The molecule has 1 aliphatic heterocycles. The maximum atomic E-state index is 12.2. The Bertz CT molecular complexity index is 575. The topological polar surface area (TPSA) is 116 Å². The SMILES string of the molecule is NC(=O)C1COCCN1CC(=O)c1cccc([N+](=O)[O-])c1. The van der Waals surface area contributed by atoms with E-state index in [0.29, 0.717) is 13.2 Å². The fourth-order valence-electron chi connectivity index (χ4n) is 2.16. The minimum Gasteiger partial charge on any atom is -0.378 e. The Balaban J connectivity index is 2.11. The second-order valence-electron chi connectivity index (χ2n) is 4.69. The van der Waals surface area contributed by atoms with E-state index in [2.05, 4.69) is 0 Å². The lowest BCUT2D eigenvalue weighted by molar-refractivity contribution is -0.384. The molecular formula is C13H15N3O5. The number of nitro benzene ring substituents is 1. The second-order valence-corrected chi connectivity index (χ2v) is 4.69. The van der Waals surface area contributed by atoms with Crippen molar-refractivity contribution >= 4 is 17.4 Å². The molecule has 0 radical (unpaired) electrons. The van der Waals surface area contributed by atoms with Gasteiger partial charge in [-0.2, -0.15) is 0 Å². The Kier molecular flexibility index (Phi) is 4.61. The zero-order valence-corrected chi connectivity index (χ0v) is 11.2. The number of nitrogens with zero attached hydrogens (tertiary/aromatic N) is 2. The van der Waals surface area contributed by atoms with Crippen molar-refractivity contribution in [2.24, 2.45) is 5.73 Å². The number of amides is 1. The molecule has 1 aliphatic rings. The van der Waals surface area contributed by atoms with Crippen LogP contribution >= 0.6 is 0 Å². The summed E-state index contributed by atoms with van der Waals surface area (Å²) in [6.45, 7) is 0.940. The van der Waals surface area contributed by atoms with Gasteiger partial charge in [-0.3, -0.25) is 24.6 Å². The quantitative estimate of drug-likeness (QED) is 0.463. The zero-order valence-electron chi connectivity index (χ0n) is 11.2. The van der Waals surface area contributed by atoms with E-state index in [0.717, 1.165) is 0 Å².